The summed E-state index contributed by atoms with van der Waals surface area (Å²) in [6, 6.07) is 9.63. The molecule has 0 N–H and O–H groups in total. The van der Waals surface area contributed by atoms with Crippen LogP contribution in [0, 0.1) is 6.92 Å². The van der Waals surface area contributed by atoms with Gasteiger partial charge in [0.05, 0.1) is 16.7 Å². The van der Waals surface area contributed by atoms with Crippen molar-refractivity contribution in [2.24, 2.45) is 12.0 Å². The van der Waals surface area contributed by atoms with Gasteiger partial charge in [-0.3, -0.25) is 4.79 Å². The maximum Gasteiger partial charge on any atom is 0.279 e. The van der Waals surface area contributed by atoms with Gasteiger partial charge in [-0.1, -0.05) is 17.4 Å². The second-order valence-electron chi connectivity index (χ2n) is 6.43. The highest BCUT2D eigenvalue weighted by Crippen LogP contribution is 2.29. The zero-order chi connectivity index (χ0) is 20.6. The summed E-state index contributed by atoms with van der Waals surface area (Å²) in [6.07, 6.45) is 0. The molecule has 1 heterocycles. The van der Waals surface area contributed by atoms with Crippen LogP contribution in [0.2, 0.25) is 0 Å². The molecule has 28 heavy (non-hydrogen) atoms. The highest BCUT2D eigenvalue weighted by Gasteiger charge is 2.18. The molecule has 3 aromatic rings. The van der Waals surface area contributed by atoms with Crippen LogP contribution >= 0.6 is 11.3 Å². The Morgan fingerprint density at radius 1 is 1.14 bits per heavy atom. The van der Waals surface area contributed by atoms with Crippen LogP contribution < -0.4 is 9.54 Å². The fraction of sp³-hybridized carbons (Fsp3) is 0.263. The Morgan fingerprint density at radius 3 is 2.36 bits per heavy atom. The molecule has 148 valence electrons. The van der Waals surface area contributed by atoms with E-state index in [0.29, 0.717) is 16.1 Å². The summed E-state index contributed by atoms with van der Waals surface area (Å²) in [6.45, 7) is 1.99. The van der Waals surface area contributed by atoms with Crippen LogP contribution in [0.4, 0.5) is 0 Å². The molecule has 0 bridgehead atoms. The number of nitrogens with zero attached hydrogens (tertiary/aromatic N) is 3. The molecule has 0 radical (unpaired) electrons. The van der Waals surface area contributed by atoms with Crippen molar-refractivity contribution in [1.82, 2.24) is 8.87 Å². The minimum absolute atomic E-state index is 0.127. The minimum atomic E-state index is -3.54. The molecule has 0 aliphatic heterocycles. The van der Waals surface area contributed by atoms with Crippen LogP contribution in [-0.2, 0) is 17.1 Å². The number of amides is 1. The Balaban J connectivity index is 2.04. The molecular formula is C19H21N3O4S2. The van der Waals surface area contributed by atoms with E-state index >= 15 is 0 Å². The van der Waals surface area contributed by atoms with E-state index < -0.39 is 15.9 Å². The molecule has 9 heteroatoms. The van der Waals surface area contributed by atoms with Crippen molar-refractivity contribution in [3.05, 3.63) is 52.3 Å². The average molecular weight is 420 g/mol. The standard InChI is InChI=1S/C19H21N3O4S2/c1-12-6-11-15(26-5)16-17(12)27-19(22(16)4)20-18(23)13-7-9-14(10-8-13)28(24,25)21(2)3/h6-11H,1-5H3. The van der Waals surface area contributed by atoms with E-state index in [1.165, 1.54) is 49.7 Å². The van der Waals surface area contributed by atoms with Gasteiger partial charge in [0.25, 0.3) is 5.91 Å². The highest BCUT2D eigenvalue weighted by molar-refractivity contribution is 7.89. The number of hydrogen-bond donors (Lipinski definition) is 0. The normalized spacial score (nSPS) is 12.7. The number of carbonyl (C=O) groups is 1. The lowest BCUT2D eigenvalue weighted by Crippen LogP contribution is -2.22. The lowest BCUT2D eigenvalue weighted by molar-refractivity contribution is 0.0998. The molecule has 0 aliphatic rings. The Morgan fingerprint density at radius 2 is 1.79 bits per heavy atom. The van der Waals surface area contributed by atoms with Crippen molar-refractivity contribution in [1.29, 1.82) is 0 Å². The molecular weight excluding hydrogens is 398 g/mol. The zero-order valence-electron chi connectivity index (χ0n) is 16.3. The number of aromatic nitrogens is 1. The fourth-order valence-electron chi connectivity index (χ4n) is 2.75. The van der Waals surface area contributed by atoms with Crippen LogP contribution in [-0.4, -0.2) is 44.4 Å². The van der Waals surface area contributed by atoms with E-state index in [1.807, 2.05) is 30.7 Å². The van der Waals surface area contributed by atoms with Gasteiger partial charge in [-0.25, -0.2) is 12.7 Å². The Kier molecular flexibility index (Phi) is 5.42. The van der Waals surface area contributed by atoms with E-state index in [2.05, 4.69) is 4.99 Å². The first-order valence-electron chi connectivity index (χ1n) is 8.41. The summed E-state index contributed by atoms with van der Waals surface area (Å²) in [4.78, 5) is 17.5. The Bertz CT molecular complexity index is 1220. The molecule has 0 spiro atoms. The average Bonchev–Trinajstić information content (AvgIpc) is 2.99. The summed E-state index contributed by atoms with van der Waals surface area (Å²) in [5.74, 6) is 0.277. The summed E-state index contributed by atoms with van der Waals surface area (Å²) in [5.41, 5.74) is 2.27. The van der Waals surface area contributed by atoms with Gasteiger partial charge in [-0.15, -0.1) is 0 Å². The van der Waals surface area contributed by atoms with Crippen molar-refractivity contribution in [3.8, 4) is 5.75 Å². The number of thiazole rings is 1. The largest absolute Gasteiger partial charge is 0.495 e. The van der Waals surface area contributed by atoms with E-state index in [0.717, 1.165) is 20.1 Å². The molecule has 0 saturated heterocycles. The van der Waals surface area contributed by atoms with Gasteiger partial charge < -0.3 is 9.30 Å². The molecule has 0 unspecified atom stereocenters. The number of aryl methyl sites for hydroxylation is 2. The van der Waals surface area contributed by atoms with Crippen molar-refractivity contribution < 1.29 is 17.9 Å². The third-order valence-electron chi connectivity index (χ3n) is 4.40. The first kappa shape index (κ1) is 20.2. The molecule has 0 fully saturated rings. The number of carbonyl (C=O) groups excluding carboxylic acids is 1. The number of methoxy groups -OCH3 is 1. The quantitative estimate of drug-likeness (QED) is 0.651. The van der Waals surface area contributed by atoms with E-state index in [9.17, 15) is 13.2 Å². The Labute approximate surface area is 167 Å². The monoisotopic (exact) mass is 419 g/mol. The zero-order valence-corrected chi connectivity index (χ0v) is 17.9. The minimum Gasteiger partial charge on any atom is -0.495 e. The maximum atomic E-state index is 12.6. The third-order valence-corrected chi connectivity index (χ3v) is 7.50. The predicted molar refractivity (Wildman–Crippen MR) is 109 cm³/mol. The van der Waals surface area contributed by atoms with Gasteiger partial charge in [-0.05, 0) is 42.8 Å². The predicted octanol–water partition coefficient (Wildman–Crippen LogP) is 2.55. The molecule has 2 aromatic carbocycles. The smallest absolute Gasteiger partial charge is 0.279 e. The van der Waals surface area contributed by atoms with Crippen LogP contribution in [0.3, 0.4) is 0 Å². The second kappa shape index (κ2) is 7.50. The maximum absolute atomic E-state index is 12.6. The fourth-order valence-corrected chi connectivity index (χ4v) is 4.75. The molecule has 0 aliphatic carbocycles. The number of rotatable bonds is 4. The number of sulfonamides is 1. The van der Waals surface area contributed by atoms with Gasteiger partial charge >= 0.3 is 0 Å². The summed E-state index contributed by atoms with van der Waals surface area (Å²) in [7, 11) is 2.82. The van der Waals surface area contributed by atoms with Gasteiger partial charge in [0.1, 0.15) is 11.3 Å². The first-order chi connectivity index (χ1) is 13.2. The SMILES string of the molecule is COc1ccc(C)c2sc(=NC(=O)c3ccc(S(=O)(=O)N(C)C)cc3)n(C)c12. The molecule has 7 nitrogen and oxygen atoms in total. The van der Waals surface area contributed by atoms with Crippen LogP contribution in [0.1, 0.15) is 15.9 Å². The van der Waals surface area contributed by atoms with E-state index in [4.69, 9.17) is 4.74 Å². The van der Waals surface area contributed by atoms with Crippen molar-refractivity contribution >= 4 is 37.5 Å². The van der Waals surface area contributed by atoms with Crippen LogP contribution in [0.15, 0.2) is 46.3 Å². The lowest BCUT2D eigenvalue weighted by atomic mass is 10.2. The summed E-state index contributed by atoms with van der Waals surface area (Å²) in [5, 5.41) is 0. The second-order valence-corrected chi connectivity index (χ2v) is 9.56. The molecule has 0 atom stereocenters. The molecule has 3 rings (SSSR count). The topological polar surface area (TPSA) is 81.0 Å². The summed E-state index contributed by atoms with van der Waals surface area (Å²) >= 11 is 1.41. The van der Waals surface area contributed by atoms with Crippen molar-refractivity contribution in [3.63, 3.8) is 0 Å². The molecule has 1 amide bonds. The van der Waals surface area contributed by atoms with Crippen molar-refractivity contribution in [2.75, 3.05) is 21.2 Å². The Hall–Kier alpha value is -2.49. The van der Waals surface area contributed by atoms with Crippen LogP contribution in [0.5, 0.6) is 5.75 Å². The lowest BCUT2D eigenvalue weighted by Gasteiger charge is -2.11. The highest BCUT2D eigenvalue weighted by atomic mass is 32.2. The van der Waals surface area contributed by atoms with Crippen molar-refractivity contribution in [2.45, 2.75) is 11.8 Å². The summed E-state index contributed by atoms with van der Waals surface area (Å²) < 4.78 is 33.7. The molecule has 0 saturated carbocycles. The van der Waals surface area contributed by atoms with Gasteiger partial charge in [0, 0.05) is 26.7 Å². The van der Waals surface area contributed by atoms with E-state index in [1.54, 1.807) is 7.11 Å². The molecule has 1 aromatic heterocycles. The van der Waals surface area contributed by atoms with Gasteiger partial charge in [0.2, 0.25) is 10.0 Å². The number of ether oxygens (including phenoxy) is 1. The first-order valence-corrected chi connectivity index (χ1v) is 10.7. The van der Waals surface area contributed by atoms with E-state index in [-0.39, 0.29) is 4.90 Å². The number of benzene rings is 2. The third kappa shape index (κ3) is 3.48. The number of hydrogen-bond acceptors (Lipinski definition) is 5. The van der Waals surface area contributed by atoms with Gasteiger partial charge in [0.15, 0.2) is 4.80 Å². The van der Waals surface area contributed by atoms with Gasteiger partial charge in [-0.2, -0.15) is 4.99 Å². The number of fused-ring (bicyclic) bond motifs is 1. The van der Waals surface area contributed by atoms with Crippen LogP contribution in [0.25, 0.3) is 10.2 Å².